The maximum atomic E-state index is 13.4. The van der Waals surface area contributed by atoms with Gasteiger partial charge in [-0.3, -0.25) is 13.9 Å². The summed E-state index contributed by atoms with van der Waals surface area (Å²) in [6, 6.07) is 10.1. The van der Waals surface area contributed by atoms with Gasteiger partial charge in [0.25, 0.3) is 5.56 Å². The molecule has 1 atom stereocenters. The van der Waals surface area contributed by atoms with E-state index in [0.717, 1.165) is 27.3 Å². The van der Waals surface area contributed by atoms with Gasteiger partial charge in [-0.2, -0.15) is 4.99 Å². The molecule has 1 N–H and O–H groups in total. The van der Waals surface area contributed by atoms with E-state index in [4.69, 9.17) is 14.6 Å². The van der Waals surface area contributed by atoms with Crippen LogP contribution in [0.3, 0.4) is 0 Å². The molecule has 16 heteroatoms. The van der Waals surface area contributed by atoms with E-state index in [1.807, 2.05) is 0 Å². The number of hydrogen-bond acceptors (Lipinski definition) is 8. The van der Waals surface area contributed by atoms with Gasteiger partial charge < -0.3 is 24.1 Å². The van der Waals surface area contributed by atoms with Crippen LogP contribution < -0.4 is 25.5 Å². The Labute approximate surface area is 252 Å². The van der Waals surface area contributed by atoms with Gasteiger partial charge in [0.15, 0.2) is 5.90 Å². The van der Waals surface area contributed by atoms with Crippen LogP contribution in [0.1, 0.15) is 24.0 Å². The average molecular weight is 646 g/mol. The highest BCUT2D eigenvalue weighted by molar-refractivity contribution is 5.84. The van der Waals surface area contributed by atoms with E-state index in [1.54, 1.807) is 6.07 Å². The molecule has 0 bridgehead atoms. The van der Waals surface area contributed by atoms with Gasteiger partial charge in [-0.15, -0.1) is 26.3 Å². The van der Waals surface area contributed by atoms with Gasteiger partial charge >= 0.3 is 18.4 Å². The lowest BCUT2D eigenvalue weighted by atomic mass is 9.94. The van der Waals surface area contributed by atoms with E-state index in [9.17, 15) is 35.9 Å². The number of alkyl halides is 6. The quantitative estimate of drug-likeness (QED) is 0.239. The first-order valence-electron chi connectivity index (χ1n) is 13.7. The van der Waals surface area contributed by atoms with Gasteiger partial charge in [0, 0.05) is 19.0 Å². The van der Waals surface area contributed by atoms with E-state index >= 15 is 0 Å². The summed E-state index contributed by atoms with van der Waals surface area (Å²) in [5, 5.41) is 8.91. The predicted molar refractivity (Wildman–Crippen MR) is 148 cm³/mol. The number of hydrogen-bond donors (Lipinski definition) is 1. The molecule has 1 unspecified atom stereocenters. The number of halogens is 6. The third-order valence-electron chi connectivity index (χ3n) is 6.79. The Balaban J connectivity index is 1.68. The minimum atomic E-state index is -4.95. The fourth-order valence-electron chi connectivity index (χ4n) is 4.81. The largest absolute Gasteiger partial charge is 0.573 e. The molecule has 3 aromatic rings. The summed E-state index contributed by atoms with van der Waals surface area (Å²) in [5.74, 6) is -1.61. The van der Waals surface area contributed by atoms with Crippen molar-refractivity contribution in [1.82, 2.24) is 9.13 Å². The number of aryl methyl sites for hydroxylation is 1. The highest BCUT2D eigenvalue weighted by atomic mass is 19.4. The van der Waals surface area contributed by atoms with Crippen molar-refractivity contribution in [2.24, 2.45) is 18.0 Å². The van der Waals surface area contributed by atoms with Crippen molar-refractivity contribution in [2.45, 2.75) is 45.0 Å². The van der Waals surface area contributed by atoms with Gasteiger partial charge in [-0.25, -0.2) is 4.79 Å². The maximum absolute atomic E-state index is 13.4. The van der Waals surface area contributed by atoms with Crippen LogP contribution in [-0.4, -0.2) is 52.7 Å². The molecule has 0 spiro atoms. The number of nitrogens with zero attached hydrogens (tertiary/aromatic N) is 3. The molecule has 0 saturated carbocycles. The Kier molecular flexibility index (Phi) is 10.6. The zero-order valence-electron chi connectivity index (χ0n) is 23.9. The first-order chi connectivity index (χ1) is 21.2. The number of rotatable bonds is 11. The summed E-state index contributed by atoms with van der Waals surface area (Å²) in [5.41, 5.74) is -0.620. The molecule has 0 aliphatic carbocycles. The Bertz CT molecular complexity index is 1630. The molecule has 244 valence electrons. The second-order valence-corrected chi connectivity index (χ2v) is 9.98. The molecule has 4 rings (SSSR count). The summed E-state index contributed by atoms with van der Waals surface area (Å²) in [6.07, 6.45) is -8.98. The van der Waals surface area contributed by atoms with E-state index < -0.39 is 41.4 Å². The van der Waals surface area contributed by atoms with E-state index in [0.29, 0.717) is 5.56 Å². The van der Waals surface area contributed by atoms with Crippen LogP contribution in [0.4, 0.5) is 32.2 Å². The minimum absolute atomic E-state index is 0.00158. The third kappa shape index (κ3) is 9.34. The molecule has 2 heterocycles. The molecule has 0 saturated heterocycles. The summed E-state index contributed by atoms with van der Waals surface area (Å²) >= 11 is 0. The van der Waals surface area contributed by atoms with Gasteiger partial charge in [-0.1, -0.05) is 18.2 Å². The smallest absolute Gasteiger partial charge is 0.442 e. The van der Waals surface area contributed by atoms with Crippen LogP contribution in [0.5, 0.6) is 17.2 Å². The third-order valence-corrected chi connectivity index (χ3v) is 6.79. The second kappa shape index (κ2) is 14.2. The van der Waals surface area contributed by atoms with Gasteiger partial charge in [0.2, 0.25) is 0 Å². The topological polar surface area (TPSA) is 114 Å². The highest BCUT2D eigenvalue weighted by Gasteiger charge is 2.33. The van der Waals surface area contributed by atoms with Crippen molar-refractivity contribution in [3.05, 3.63) is 80.5 Å². The number of aliphatic hydroxyl groups is 1. The minimum Gasteiger partial charge on any atom is -0.442 e. The van der Waals surface area contributed by atoms with Crippen LogP contribution in [0.2, 0.25) is 0 Å². The molecule has 1 aromatic heterocycles. The van der Waals surface area contributed by atoms with Crippen molar-refractivity contribution in [2.75, 3.05) is 19.8 Å². The van der Waals surface area contributed by atoms with E-state index in [1.165, 1.54) is 31.3 Å². The molecule has 2 aromatic carbocycles. The second-order valence-electron chi connectivity index (χ2n) is 9.98. The average Bonchev–Trinajstić information content (AvgIpc) is 3.13. The van der Waals surface area contributed by atoms with Crippen LogP contribution in [0.15, 0.2) is 63.1 Å². The lowest BCUT2D eigenvalue weighted by molar-refractivity contribution is -0.275. The highest BCUT2D eigenvalue weighted by Crippen LogP contribution is 2.31. The number of fused-ring (bicyclic) bond motifs is 1. The molecule has 1 aliphatic rings. The normalized spacial score (nSPS) is 15.2. The molecule has 0 radical (unpaired) electrons. The number of aliphatic hydroxyl groups excluding tert-OH is 1. The van der Waals surface area contributed by atoms with Crippen molar-refractivity contribution < 1.29 is 50.4 Å². The first kappa shape index (κ1) is 33.6. The number of aromatic nitrogens is 2. The van der Waals surface area contributed by atoms with Crippen LogP contribution in [0.25, 0.3) is 0 Å². The summed E-state index contributed by atoms with van der Waals surface area (Å²) in [4.78, 5) is 31.0. The fourth-order valence-corrected chi connectivity index (χ4v) is 4.81. The summed E-state index contributed by atoms with van der Waals surface area (Å²) in [7, 11) is 1.40. The summed E-state index contributed by atoms with van der Waals surface area (Å²) in [6.45, 7) is -0.312. The van der Waals surface area contributed by atoms with E-state index in [-0.39, 0.29) is 75.1 Å². The number of ether oxygens (including phenoxy) is 4. The Hall–Kier alpha value is -4.31. The van der Waals surface area contributed by atoms with Crippen molar-refractivity contribution in [3.8, 4) is 17.2 Å². The Morgan fingerprint density at radius 1 is 0.933 bits per heavy atom. The lowest BCUT2D eigenvalue weighted by Gasteiger charge is -2.19. The SMILES string of the molecule is Cn1c2c(c(=O)n(CCOCCO)c1=O)CCC(CCc1cccc(OC(F)(F)F)c1)C(Oc1cccc(OC(F)(F)F)c1)=N2. The molecule has 0 amide bonds. The standard InChI is InChI=1S/C29H29F6N3O7/c1-37-24-23(26(40)38(27(37)41)12-14-42-15-13-39)11-10-19(9-8-18-4-2-6-21(16-18)44-28(30,31)32)25(36-24)43-20-5-3-7-22(17-20)45-29(33,34)35/h2-7,16-17,19,39H,8-15H2,1H3. The molecule has 10 nitrogen and oxygen atoms in total. The molecule has 1 aliphatic heterocycles. The Morgan fingerprint density at radius 2 is 1.58 bits per heavy atom. The molecule has 0 fully saturated rings. The fraction of sp³-hybridized carbons (Fsp3) is 0.414. The molecular weight excluding hydrogens is 616 g/mol. The molecule has 45 heavy (non-hydrogen) atoms. The zero-order chi connectivity index (χ0) is 32.8. The first-order valence-corrected chi connectivity index (χ1v) is 13.7. The van der Waals surface area contributed by atoms with Gasteiger partial charge in [-0.05, 0) is 55.5 Å². The van der Waals surface area contributed by atoms with Crippen LogP contribution in [0, 0.1) is 5.92 Å². The van der Waals surface area contributed by atoms with E-state index in [2.05, 4.69) is 14.5 Å². The van der Waals surface area contributed by atoms with Crippen LogP contribution >= 0.6 is 0 Å². The van der Waals surface area contributed by atoms with Gasteiger partial charge in [0.05, 0.1) is 31.9 Å². The summed E-state index contributed by atoms with van der Waals surface area (Å²) < 4.78 is 97.9. The number of benzene rings is 2. The number of aliphatic imine (C=N–C) groups is 1. The predicted octanol–water partition coefficient (Wildman–Crippen LogP) is 4.66. The monoisotopic (exact) mass is 645 g/mol. The zero-order valence-corrected chi connectivity index (χ0v) is 23.9. The Morgan fingerprint density at radius 3 is 2.24 bits per heavy atom. The van der Waals surface area contributed by atoms with Crippen molar-refractivity contribution in [3.63, 3.8) is 0 Å². The maximum Gasteiger partial charge on any atom is 0.573 e. The lowest BCUT2D eigenvalue weighted by Crippen LogP contribution is -2.41. The van der Waals surface area contributed by atoms with Gasteiger partial charge in [0.1, 0.15) is 23.1 Å². The van der Waals surface area contributed by atoms with Crippen molar-refractivity contribution >= 4 is 11.7 Å². The molecular formula is C29H29F6N3O7. The van der Waals surface area contributed by atoms with Crippen molar-refractivity contribution in [1.29, 1.82) is 0 Å². The van der Waals surface area contributed by atoms with Crippen LogP contribution in [-0.2, 0) is 31.2 Å².